The molecule has 0 spiro atoms. The highest BCUT2D eigenvalue weighted by atomic mass is 35.5. The number of thioether (sulfide) groups is 1. The summed E-state index contributed by atoms with van der Waals surface area (Å²) in [6.45, 7) is 8.03. The first-order valence-corrected chi connectivity index (χ1v) is 10.8. The summed E-state index contributed by atoms with van der Waals surface area (Å²) in [6.07, 6.45) is 3.31. The lowest BCUT2D eigenvalue weighted by molar-refractivity contribution is 0.0952. The number of nitrogens with zero attached hydrogens (tertiary/aromatic N) is 5. The Morgan fingerprint density at radius 1 is 1.34 bits per heavy atom. The highest BCUT2D eigenvalue weighted by Gasteiger charge is 2.14. The summed E-state index contributed by atoms with van der Waals surface area (Å²) in [7, 11) is 0. The highest BCUT2D eigenvalue weighted by molar-refractivity contribution is 7.99. The molecule has 154 valence electrons. The predicted octanol–water partition coefficient (Wildman–Crippen LogP) is 3.48. The molecule has 1 amide bonds. The molecule has 29 heavy (non-hydrogen) atoms. The van der Waals surface area contributed by atoms with E-state index in [-0.39, 0.29) is 11.1 Å². The fourth-order valence-corrected chi connectivity index (χ4v) is 3.42. The Bertz CT molecular complexity index is 992. The number of hydrogen-bond donors (Lipinski definition) is 2. The Kier molecular flexibility index (Phi) is 7.27. The number of pyridine rings is 1. The lowest BCUT2D eigenvalue weighted by Gasteiger charge is -2.11. The van der Waals surface area contributed by atoms with Gasteiger partial charge in [0.05, 0.1) is 23.7 Å². The van der Waals surface area contributed by atoms with Crippen LogP contribution in [0, 0.1) is 5.92 Å². The van der Waals surface area contributed by atoms with Crippen molar-refractivity contribution in [3.63, 3.8) is 0 Å². The van der Waals surface area contributed by atoms with Gasteiger partial charge in [0, 0.05) is 19.3 Å². The quantitative estimate of drug-likeness (QED) is 0.303. The Morgan fingerprint density at radius 2 is 2.17 bits per heavy atom. The number of halogens is 1. The minimum atomic E-state index is -0.268. The number of aromatic nitrogens is 5. The summed E-state index contributed by atoms with van der Waals surface area (Å²) in [5, 5.41) is 12.4. The average molecular weight is 434 g/mol. The van der Waals surface area contributed by atoms with Crippen molar-refractivity contribution in [3.8, 4) is 0 Å². The van der Waals surface area contributed by atoms with Crippen molar-refractivity contribution in [2.75, 3.05) is 24.2 Å². The fourth-order valence-electron chi connectivity index (χ4n) is 2.65. The van der Waals surface area contributed by atoms with E-state index in [2.05, 4.69) is 51.5 Å². The second-order valence-corrected chi connectivity index (χ2v) is 8.35. The maximum Gasteiger partial charge on any atom is 0.254 e. The Morgan fingerprint density at radius 3 is 2.90 bits per heavy atom. The van der Waals surface area contributed by atoms with E-state index in [1.54, 1.807) is 41.0 Å². The van der Waals surface area contributed by atoms with Crippen LogP contribution in [0.2, 0.25) is 5.15 Å². The van der Waals surface area contributed by atoms with E-state index in [0.717, 1.165) is 29.1 Å². The number of carbonyl (C=O) groups is 1. The minimum Gasteiger partial charge on any atom is -0.369 e. The lowest BCUT2D eigenvalue weighted by atomic mass is 10.2. The summed E-state index contributed by atoms with van der Waals surface area (Å²) in [4.78, 5) is 25.5. The number of anilines is 1. The van der Waals surface area contributed by atoms with E-state index in [1.807, 2.05) is 0 Å². The monoisotopic (exact) mass is 433 g/mol. The van der Waals surface area contributed by atoms with Crippen molar-refractivity contribution in [3.05, 3.63) is 35.2 Å². The van der Waals surface area contributed by atoms with Crippen LogP contribution in [0.4, 0.5) is 5.82 Å². The van der Waals surface area contributed by atoms with Crippen LogP contribution in [0.25, 0.3) is 11.0 Å². The molecular formula is C19H24ClN7OS. The van der Waals surface area contributed by atoms with Crippen molar-refractivity contribution in [1.82, 2.24) is 30.0 Å². The van der Waals surface area contributed by atoms with Gasteiger partial charge in [-0.25, -0.2) is 19.6 Å². The van der Waals surface area contributed by atoms with E-state index in [1.165, 1.54) is 0 Å². The first kappa shape index (κ1) is 21.3. The van der Waals surface area contributed by atoms with Crippen LogP contribution in [-0.4, -0.2) is 49.5 Å². The molecule has 8 nitrogen and oxygen atoms in total. The summed E-state index contributed by atoms with van der Waals surface area (Å²) >= 11 is 7.56. The second-order valence-electron chi connectivity index (χ2n) is 6.77. The second kappa shape index (κ2) is 9.89. The van der Waals surface area contributed by atoms with E-state index in [0.29, 0.717) is 29.7 Å². The third-order valence-electron chi connectivity index (χ3n) is 4.04. The SMILES string of the molecule is CCSc1nc(NCC(C)C)c2cnn(CCNC(=O)c3cccnc3Cl)c2n1. The molecule has 0 aliphatic heterocycles. The van der Waals surface area contributed by atoms with Crippen LogP contribution in [0.3, 0.4) is 0 Å². The third kappa shape index (κ3) is 5.36. The molecule has 0 aliphatic rings. The molecule has 0 unspecified atom stereocenters. The van der Waals surface area contributed by atoms with Crippen molar-refractivity contribution in [2.24, 2.45) is 5.92 Å². The number of nitrogens with one attached hydrogen (secondary N) is 2. The highest BCUT2D eigenvalue weighted by Crippen LogP contribution is 2.24. The summed E-state index contributed by atoms with van der Waals surface area (Å²) in [5.41, 5.74) is 1.10. The van der Waals surface area contributed by atoms with Gasteiger partial charge in [0.2, 0.25) is 0 Å². The molecule has 0 saturated heterocycles. The van der Waals surface area contributed by atoms with Gasteiger partial charge in [0.15, 0.2) is 10.8 Å². The predicted molar refractivity (Wildman–Crippen MR) is 117 cm³/mol. The molecular weight excluding hydrogens is 410 g/mol. The Balaban J connectivity index is 1.75. The molecule has 0 aromatic carbocycles. The number of amides is 1. The molecule has 3 heterocycles. The largest absolute Gasteiger partial charge is 0.369 e. The lowest BCUT2D eigenvalue weighted by Crippen LogP contribution is -2.28. The number of carbonyl (C=O) groups excluding carboxylic acids is 1. The minimum absolute atomic E-state index is 0.185. The number of hydrogen-bond acceptors (Lipinski definition) is 7. The van der Waals surface area contributed by atoms with Crippen LogP contribution in [0.15, 0.2) is 29.7 Å². The van der Waals surface area contributed by atoms with Crippen LogP contribution >= 0.6 is 23.4 Å². The van der Waals surface area contributed by atoms with Gasteiger partial charge in [-0.1, -0.05) is 44.1 Å². The van der Waals surface area contributed by atoms with Crippen LogP contribution < -0.4 is 10.6 Å². The van der Waals surface area contributed by atoms with Gasteiger partial charge in [0.1, 0.15) is 11.0 Å². The fraction of sp³-hybridized carbons (Fsp3) is 0.421. The van der Waals surface area contributed by atoms with Gasteiger partial charge in [-0.05, 0) is 23.8 Å². The molecule has 0 aliphatic carbocycles. The smallest absolute Gasteiger partial charge is 0.254 e. The molecule has 0 atom stereocenters. The van der Waals surface area contributed by atoms with Crippen molar-refractivity contribution >= 4 is 46.1 Å². The van der Waals surface area contributed by atoms with Gasteiger partial charge in [-0.3, -0.25) is 4.79 Å². The third-order valence-corrected chi connectivity index (χ3v) is 5.07. The molecule has 10 heteroatoms. The van der Waals surface area contributed by atoms with E-state index < -0.39 is 0 Å². The molecule has 0 radical (unpaired) electrons. The normalized spacial score (nSPS) is 11.2. The van der Waals surface area contributed by atoms with Gasteiger partial charge in [-0.2, -0.15) is 5.10 Å². The van der Waals surface area contributed by atoms with Crippen LogP contribution in [-0.2, 0) is 6.54 Å². The van der Waals surface area contributed by atoms with E-state index in [9.17, 15) is 4.79 Å². The molecule has 0 bridgehead atoms. The zero-order valence-electron chi connectivity index (χ0n) is 16.6. The van der Waals surface area contributed by atoms with Crippen LogP contribution in [0.5, 0.6) is 0 Å². The van der Waals surface area contributed by atoms with Crippen LogP contribution in [0.1, 0.15) is 31.1 Å². The Hall–Kier alpha value is -2.39. The maximum atomic E-state index is 12.3. The molecule has 0 fully saturated rings. The van der Waals surface area contributed by atoms with Crippen molar-refractivity contribution < 1.29 is 4.79 Å². The zero-order valence-corrected chi connectivity index (χ0v) is 18.2. The van der Waals surface area contributed by atoms with Crippen molar-refractivity contribution in [1.29, 1.82) is 0 Å². The topological polar surface area (TPSA) is 97.6 Å². The first-order chi connectivity index (χ1) is 14.0. The first-order valence-electron chi connectivity index (χ1n) is 9.48. The van der Waals surface area contributed by atoms with Crippen molar-refractivity contribution in [2.45, 2.75) is 32.5 Å². The van der Waals surface area contributed by atoms with Gasteiger partial charge >= 0.3 is 0 Å². The summed E-state index contributed by atoms with van der Waals surface area (Å²) in [6, 6.07) is 3.32. The van der Waals surface area contributed by atoms with Gasteiger partial charge in [0.25, 0.3) is 5.91 Å². The molecule has 0 saturated carbocycles. The molecule has 3 aromatic heterocycles. The standard InChI is InChI=1S/C19H24ClN7OS/c1-4-29-19-25-16(23-10-12(2)3)14-11-24-27(17(14)26-19)9-8-22-18(28)13-6-5-7-21-15(13)20/h5-7,11-12H,4,8-10H2,1-3H3,(H,22,28)(H,23,25,26). The number of fused-ring (bicyclic) bond motifs is 1. The van der Waals surface area contributed by atoms with Gasteiger partial charge < -0.3 is 10.6 Å². The van der Waals surface area contributed by atoms with Gasteiger partial charge in [-0.15, -0.1) is 0 Å². The van der Waals surface area contributed by atoms with E-state index in [4.69, 9.17) is 11.6 Å². The zero-order chi connectivity index (χ0) is 20.8. The summed E-state index contributed by atoms with van der Waals surface area (Å²) < 4.78 is 1.78. The maximum absolute atomic E-state index is 12.3. The molecule has 3 rings (SSSR count). The number of rotatable bonds is 9. The summed E-state index contributed by atoms with van der Waals surface area (Å²) in [5.74, 6) is 1.89. The molecule has 3 aromatic rings. The average Bonchev–Trinajstić information content (AvgIpc) is 3.09. The Labute approximate surface area is 178 Å². The molecule has 2 N–H and O–H groups in total. The van der Waals surface area contributed by atoms with E-state index >= 15 is 0 Å².